The number of rotatable bonds is 8. The van der Waals surface area contributed by atoms with E-state index in [0.29, 0.717) is 5.96 Å². The third-order valence-corrected chi connectivity index (χ3v) is 3.36. The fourth-order valence-corrected chi connectivity index (χ4v) is 2.11. The molecule has 1 aromatic rings. The van der Waals surface area contributed by atoms with Crippen molar-refractivity contribution in [1.82, 2.24) is 20.2 Å². The summed E-state index contributed by atoms with van der Waals surface area (Å²) < 4.78 is 26.1. The molecule has 1 rings (SSSR count). The summed E-state index contributed by atoms with van der Waals surface area (Å²) in [7, 11) is 1.65. The van der Waals surface area contributed by atoms with Crippen LogP contribution in [0.4, 0.5) is 8.78 Å². The van der Waals surface area contributed by atoms with Crippen LogP contribution >= 0.6 is 11.8 Å². The van der Waals surface area contributed by atoms with Crippen molar-refractivity contribution in [3.8, 4) is 0 Å². The highest BCUT2D eigenvalue weighted by atomic mass is 32.2. The van der Waals surface area contributed by atoms with Gasteiger partial charge >= 0.3 is 6.55 Å². The zero-order valence-electron chi connectivity index (χ0n) is 11.8. The van der Waals surface area contributed by atoms with Crippen molar-refractivity contribution < 1.29 is 8.78 Å². The normalized spacial score (nSPS) is 11.9. The molecule has 1 heterocycles. The van der Waals surface area contributed by atoms with E-state index in [9.17, 15) is 8.78 Å². The Morgan fingerprint density at radius 1 is 1.45 bits per heavy atom. The summed E-state index contributed by atoms with van der Waals surface area (Å²) in [6, 6.07) is 0. The van der Waals surface area contributed by atoms with E-state index in [-0.39, 0.29) is 12.4 Å². The van der Waals surface area contributed by atoms with Gasteiger partial charge in [0.1, 0.15) is 5.82 Å². The van der Waals surface area contributed by atoms with Gasteiger partial charge in [-0.2, -0.15) is 20.5 Å². The number of thioether (sulfide) groups is 1. The molecule has 0 bridgehead atoms. The number of guanidine groups is 1. The van der Waals surface area contributed by atoms with E-state index >= 15 is 0 Å². The molecule has 0 aliphatic carbocycles. The van der Waals surface area contributed by atoms with Gasteiger partial charge in [-0.1, -0.05) is 0 Å². The van der Waals surface area contributed by atoms with Crippen LogP contribution in [0.1, 0.15) is 25.2 Å². The van der Waals surface area contributed by atoms with Crippen LogP contribution in [-0.2, 0) is 6.54 Å². The number of nitrogens with one attached hydrogen (secondary N) is 2. The van der Waals surface area contributed by atoms with Gasteiger partial charge in [-0.25, -0.2) is 4.98 Å². The minimum atomic E-state index is -2.57. The molecule has 1 aromatic heterocycles. The zero-order valence-corrected chi connectivity index (χ0v) is 12.6. The van der Waals surface area contributed by atoms with Crippen LogP contribution in [0.2, 0.25) is 0 Å². The van der Waals surface area contributed by atoms with Crippen molar-refractivity contribution in [2.75, 3.05) is 25.6 Å². The molecule has 2 N–H and O–H groups in total. The summed E-state index contributed by atoms with van der Waals surface area (Å²) in [5.74, 6) is 2.02. The first kappa shape index (κ1) is 16.7. The second kappa shape index (κ2) is 9.57. The van der Waals surface area contributed by atoms with E-state index in [1.807, 2.05) is 11.8 Å². The Bertz CT molecular complexity index is 408. The molecular formula is C12H21F2N5S. The third kappa shape index (κ3) is 5.77. The summed E-state index contributed by atoms with van der Waals surface area (Å²) >= 11 is 1.82. The van der Waals surface area contributed by atoms with Crippen LogP contribution in [0.25, 0.3) is 0 Å². The number of hydrogen-bond donors (Lipinski definition) is 2. The molecule has 20 heavy (non-hydrogen) atoms. The van der Waals surface area contributed by atoms with Crippen LogP contribution in [0.15, 0.2) is 17.4 Å². The number of nitrogens with zero attached hydrogens (tertiary/aromatic N) is 3. The van der Waals surface area contributed by atoms with Gasteiger partial charge in [0.2, 0.25) is 0 Å². The second-order valence-electron chi connectivity index (χ2n) is 4.08. The summed E-state index contributed by atoms with van der Waals surface area (Å²) in [4.78, 5) is 7.94. The predicted molar refractivity (Wildman–Crippen MR) is 79.3 cm³/mol. The molecule has 0 unspecified atom stereocenters. The highest BCUT2D eigenvalue weighted by molar-refractivity contribution is 7.98. The molecule has 0 spiro atoms. The summed E-state index contributed by atoms with van der Waals surface area (Å²) in [6.45, 7) is -1.55. The molecule has 114 valence electrons. The zero-order chi connectivity index (χ0) is 14.8. The van der Waals surface area contributed by atoms with Gasteiger partial charge in [-0.05, 0) is 24.9 Å². The van der Waals surface area contributed by atoms with E-state index in [1.165, 1.54) is 12.4 Å². The van der Waals surface area contributed by atoms with Crippen LogP contribution in [0.5, 0.6) is 0 Å². The highest BCUT2D eigenvalue weighted by Gasteiger charge is 2.11. The lowest BCUT2D eigenvalue weighted by molar-refractivity contribution is 0.0668. The summed E-state index contributed by atoms with van der Waals surface area (Å²) in [5, 5.41) is 6.12. The molecule has 0 aliphatic heterocycles. The number of halogens is 2. The number of alkyl halides is 2. The van der Waals surface area contributed by atoms with Crippen molar-refractivity contribution in [2.45, 2.75) is 25.9 Å². The van der Waals surface area contributed by atoms with Crippen LogP contribution < -0.4 is 10.6 Å². The van der Waals surface area contributed by atoms with Gasteiger partial charge in [0.15, 0.2) is 5.96 Å². The maximum absolute atomic E-state index is 12.6. The molecule has 0 amide bonds. The van der Waals surface area contributed by atoms with E-state index in [4.69, 9.17) is 0 Å². The minimum Gasteiger partial charge on any atom is -0.356 e. The predicted octanol–water partition coefficient (Wildman–Crippen LogP) is 2.09. The largest absolute Gasteiger partial charge is 0.356 e. The Labute approximate surface area is 122 Å². The number of hydrogen-bond acceptors (Lipinski definition) is 3. The molecule has 0 radical (unpaired) electrons. The molecule has 5 nitrogen and oxygen atoms in total. The van der Waals surface area contributed by atoms with E-state index in [0.717, 1.165) is 29.7 Å². The lowest BCUT2D eigenvalue weighted by Crippen LogP contribution is -2.37. The Morgan fingerprint density at radius 2 is 2.25 bits per heavy atom. The first-order chi connectivity index (χ1) is 9.69. The summed E-state index contributed by atoms with van der Waals surface area (Å²) in [6.07, 6.45) is 6.90. The van der Waals surface area contributed by atoms with Crippen molar-refractivity contribution >= 4 is 17.7 Å². The lowest BCUT2D eigenvalue weighted by atomic mass is 10.3. The number of aromatic nitrogens is 2. The molecule has 8 heteroatoms. The SMILES string of the molecule is CN=C(NCCCCSC)NCc1nccn1C(F)F. The molecule has 0 aromatic carbocycles. The Hall–Kier alpha value is -1.31. The van der Waals surface area contributed by atoms with Gasteiger partial charge in [0.05, 0.1) is 6.54 Å². The fraction of sp³-hybridized carbons (Fsp3) is 0.667. The monoisotopic (exact) mass is 305 g/mol. The third-order valence-electron chi connectivity index (χ3n) is 2.66. The van der Waals surface area contributed by atoms with Gasteiger partial charge in [-0.3, -0.25) is 9.56 Å². The van der Waals surface area contributed by atoms with Gasteiger partial charge in [-0.15, -0.1) is 0 Å². The summed E-state index contributed by atoms with van der Waals surface area (Å²) in [5.41, 5.74) is 0. The molecule has 0 aliphatic rings. The van der Waals surface area contributed by atoms with Crippen molar-refractivity contribution in [1.29, 1.82) is 0 Å². The Kier molecular flexibility index (Phi) is 8.01. The van der Waals surface area contributed by atoms with Crippen molar-refractivity contribution in [2.24, 2.45) is 4.99 Å². The Balaban J connectivity index is 2.32. The Morgan fingerprint density at radius 3 is 2.90 bits per heavy atom. The van der Waals surface area contributed by atoms with Crippen LogP contribution in [0, 0.1) is 0 Å². The lowest BCUT2D eigenvalue weighted by Gasteiger charge is -2.12. The molecule has 0 saturated carbocycles. The van der Waals surface area contributed by atoms with Crippen molar-refractivity contribution in [3.05, 3.63) is 18.2 Å². The number of imidazole rings is 1. The van der Waals surface area contributed by atoms with E-state index in [1.54, 1.807) is 7.05 Å². The molecule has 0 atom stereocenters. The number of unbranched alkanes of at least 4 members (excludes halogenated alkanes) is 1. The second-order valence-corrected chi connectivity index (χ2v) is 5.07. The fourth-order valence-electron chi connectivity index (χ4n) is 1.62. The molecular weight excluding hydrogens is 284 g/mol. The smallest absolute Gasteiger partial charge is 0.319 e. The molecule has 0 saturated heterocycles. The first-order valence-corrected chi connectivity index (χ1v) is 7.81. The minimum absolute atomic E-state index is 0.210. The molecule has 0 fully saturated rings. The standard InChI is InChI=1S/C12H21F2N5S/c1-15-12(17-5-3-4-8-20-2)18-9-10-16-6-7-19(10)11(13)14/h6-7,11H,3-5,8-9H2,1-2H3,(H2,15,17,18). The van der Waals surface area contributed by atoms with Crippen molar-refractivity contribution in [3.63, 3.8) is 0 Å². The highest BCUT2D eigenvalue weighted by Crippen LogP contribution is 2.11. The average molecular weight is 305 g/mol. The van der Waals surface area contributed by atoms with Crippen LogP contribution in [0.3, 0.4) is 0 Å². The van der Waals surface area contributed by atoms with Gasteiger partial charge in [0.25, 0.3) is 0 Å². The van der Waals surface area contributed by atoms with Gasteiger partial charge in [0, 0.05) is 26.0 Å². The quantitative estimate of drug-likeness (QED) is 0.439. The topological polar surface area (TPSA) is 54.2 Å². The van der Waals surface area contributed by atoms with E-state index in [2.05, 4.69) is 26.9 Å². The maximum Gasteiger partial charge on any atom is 0.319 e. The van der Waals surface area contributed by atoms with E-state index < -0.39 is 6.55 Å². The van der Waals surface area contributed by atoms with Crippen LogP contribution in [-0.4, -0.2) is 41.1 Å². The first-order valence-electron chi connectivity index (χ1n) is 6.42. The van der Waals surface area contributed by atoms with Gasteiger partial charge < -0.3 is 10.6 Å². The average Bonchev–Trinajstić information content (AvgIpc) is 2.90. The maximum atomic E-state index is 12.6. The number of aliphatic imine (C=N–C) groups is 1.